The Bertz CT molecular complexity index is 7450. The van der Waals surface area contributed by atoms with E-state index in [9.17, 15) is 58.0 Å². The van der Waals surface area contributed by atoms with Crippen molar-refractivity contribution in [3.63, 3.8) is 0 Å². The molecule has 20 rings (SSSR count). The predicted octanol–water partition coefficient (Wildman–Crippen LogP) is 25.5. The summed E-state index contributed by atoms with van der Waals surface area (Å²) in [6.07, 6.45) is -7.24. The highest BCUT2D eigenvalue weighted by Crippen LogP contribution is 2.56. The molecule has 0 bridgehead atoms. The van der Waals surface area contributed by atoms with E-state index in [-0.39, 0.29) is 39.5 Å². The molecule has 20 aromatic rings. The fourth-order valence-corrected chi connectivity index (χ4v) is 16.7. The summed E-state index contributed by atoms with van der Waals surface area (Å²) in [5, 5.41) is 29.2. The minimum atomic E-state index is -7.47. The zero-order valence-electron chi connectivity index (χ0n) is 65.0. The topological polar surface area (TPSA) is 161 Å². The Morgan fingerprint density at radius 2 is 0.548 bits per heavy atom. The SMILES string of the molecule is O=S(=O)(Oc1ccc2ccccc2c1-c1cccc(-c2nc(-c3ccccc3)nc(-c3ccccc3)n2)c1)C(F)(F)C(F)(F)C(F)(F)C(F)(F)F.OB(O)c1ccc2c3ccccc3c3ccccc3c2c1.c1ccc(-c2nc(-c3ccccc3)nc(-c3cccc(-c4c(-c5ccc6c7ccccc7c7ccccc7c6c5)ccc5ccccc45)c3)n2)cc1. The van der Waals surface area contributed by atoms with Crippen LogP contribution in [0, 0.1) is 0 Å². The summed E-state index contributed by atoms with van der Waals surface area (Å²) >= 11 is 0. The van der Waals surface area contributed by atoms with Crippen molar-refractivity contribution in [3.8, 4) is 107 Å². The van der Waals surface area contributed by atoms with Gasteiger partial charge < -0.3 is 14.2 Å². The molecule has 0 spiro atoms. The van der Waals surface area contributed by atoms with Crippen LogP contribution >= 0.6 is 0 Å². The maximum Gasteiger partial charge on any atom is 0.488 e. The van der Waals surface area contributed by atoms with E-state index >= 15 is 0 Å². The summed E-state index contributed by atoms with van der Waals surface area (Å²) in [6.45, 7) is 0. The average molecular weight is 1670 g/mol. The molecule has 0 unspecified atom stereocenters. The first-order chi connectivity index (χ1) is 60.0. The Labute approximate surface area is 703 Å². The number of nitrogens with zero attached hydrogens (tertiary/aromatic N) is 6. The van der Waals surface area contributed by atoms with Crippen molar-refractivity contribution in [1.82, 2.24) is 29.9 Å². The standard InChI is InChI=1S/C49H31N3.C35H20F9N3O3S.C18H13BO2/c1-3-15-33(16-4-1)47-50-48(34-17-5-2-6-18-34)52-49(51-47)37-20-13-19-36(30-37)46-38-21-8-7-14-32(38)26-28-39(46)35-27-29-44-42-24-10-9-22-40(42)41-23-11-12-25-43(41)45(44)31-35;36-32(37,34(40,41)42)33(38,39)35(43,44)51(48,49)50-27-19-18-21-10-7-8-17-26(21)28(27)24-15-9-16-25(20-24)31-46-29(22-11-3-1-4-12-22)45-30(47-31)23-13-5-2-6-14-23;20-19(21)12-9-10-17-15-7-2-1-5-13(15)14-6-3-4-8-16(14)18(17)11-12/h1-31H;1-20H;1-11,20-21H. The second-order valence-corrected chi connectivity index (χ2v) is 31.0. The maximum absolute atomic E-state index is 14.7. The Morgan fingerprint density at radius 3 is 0.935 bits per heavy atom. The lowest BCUT2D eigenvalue weighted by Gasteiger charge is -2.32. The fourth-order valence-electron chi connectivity index (χ4n) is 15.8. The Balaban J connectivity index is 0.000000137. The van der Waals surface area contributed by atoms with Gasteiger partial charge in [-0.25, -0.2) is 29.9 Å². The van der Waals surface area contributed by atoms with Crippen LogP contribution in [0.1, 0.15) is 0 Å². The van der Waals surface area contributed by atoms with Gasteiger partial charge in [0.25, 0.3) is 0 Å². The van der Waals surface area contributed by atoms with Crippen molar-refractivity contribution >= 4 is 109 Å². The van der Waals surface area contributed by atoms with Gasteiger partial charge in [0.2, 0.25) is 0 Å². The molecule has 124 heavy (non-hydrogen) atoms. The van der Waals surface area contributed by atoms with Crippen LogP contribution in [0.2, 0.25) is 0 Å². The molecule has 0 radical (unpaired) electrons. The molecule has 0 atom stereocenters. The summed E-state index contributed by atoms with van der Waals surface area (Å²) in [7, 11) is -8.69. The molecule has 2 aromatic heterocycles. The molecule has 0 fully saturated rings. The van der Waals surface area contributed by atoms with Crippen LogP contribution in [-0.4, -0.2) is 78.8 Å². The van der Waals surface area contributed by atoms with Gasteiger partial charge in [-0.1, -0.05) is 352 Å². The summed E-state index contributed by atoms with van der Waals surface area (Å²) in [6, 6.07) is 120. The van der Waals surface area contributed by atoms with Crippen LogP contribution in [-0.2, 0) is 10.1 Å². The van der Waals surface area contributed by atoms with Crippen LogP contribution in [0.25, 0.3) is 188 Å². The van der Waals surface area contributed by atoms with Crippen molar-refractivity contribution in [2.24, 2.45) is 0 Å². The number of alkyl halides is 9. The van der Waals surface area contributed by atoms with Crippen LogP contribution in [0.15, 0.2) is 376 Å². The van der Waals surface area contributed by atoms with Crippen LogP contribution in [0.4, 0.5) is 39.5 Å². The molecule has 22 heteroatoms. The second-order valence-electron chi connectivity index (χ2n) is 29.4. The monoisotopic (exact) mass is 1670 g/mol. The third-order valence-electron chi connectivity index (χ3n) is 21.8. The number of hydrogen-bond donors (Lipinski definition) is 2. The molecule has 0 aliphatic heterocycles. The highest BCUT2D eigenvalue weighted by molar-refractivity contribution is 7.88. The first kappa shape index (κ1) is 80.2. The molecular formula is C102H64BF9N6O5S. The summed E-state index contributed by atoms with van der Waals surface area (Å²) in [5.41, 5.74) is 9.24. The minimum Gasteiger partial charge on any atom is -0.423 e. The number of aromatic nitrogens is 6. The number of hydrogen-bond acceptors (Lipinski definition) is 11. The van der Waals surface area contributed by atoms with E-state index in [2.05, 4.69) is 171 Å². The molecule has 11 nitrogen and oxygen atoms in total. The minimum absolute atomic E-state index is 0.0214. The normalized spacial score (nSPS) is 12.1. The Kier molecular flexibility index (Phi) is 21.1. The number of halogens is 9. The van der Waals surface area contributed by atoms with Crippen molar-refractivity contribution in [3.05, 3.63) is 376 Å². The van der Waals surface area contributed by atoms with E-state index in [1.54, 1.807) is 78.9 Å². The van der Waals surface area contributed by atoms with Crippen LogP contribution < -0.4 is 9.65 Å². The van der Waals surface area contributed by atoms with Crippen molar-refractivity contribution < 1.29 is 62.2 Å². The molecular weight excluding hydrogens is 1600 g/mol. The van der Waals surface area contributed by atoms with E-state index in [4.69, 9.17) is 15.0 Å². The van der Waals surface area contributed by atoms with Crippen LogP contribution in [0.3, 0.4) is 0 Å². The van der Waals surface area contributed by atoms with Gasteiger partial charge in [0.15, 0.2) is 40.7 Å². The van der Waals surface area contributed by atoms with E-state index in [1.165, 1.54) is 112 Å². The lowest BCUT2D eigenvalue weighted by Crippen LogP contribution is -2.63. The molecule has 2 heterocycles. The smallest absolute Gasteiger partial charge is 0.423 e. The van der Waals surface area contributed by atoms with Gasteiger partial charge in [-0.15, -0.1) is 0 Å². The van der Waals surface area contributed by atoms with Gasteiger partial charge in [0.1, 0.15) is 0 Å². The number of rotatable bonds is 15. The second kappa shape index (κ2) is 32.6. The quantitative estimate of drug-likeness (QED) is 0.0435. The first-order valence-electron chi connectivity index (χ1n) is 39.1. The molecule has 0 amide bonds. The van der Waals surface area contributed by atoms with Gasteiger partial charge in [0, 0.05) is 38.9 Å². The third kappa shape index (κ3) is 15.0. The lowest BCUT2D eigenvalue weighted by molar-refractivity contribution is -0.382. The zero-order valence-corrected chi connectivity index (χ0v) is 65.8. The average Bonchev–Trinajstić information content (AvgIpc) is 0.723. The highest BCUT2D eigenvalue weighted by Gasteiger charge is 2.86. The van der Waals surface area contributed by atoms with E-state index in [0.29, 0.717) is 39.4 Å². The largest absolute Gasteiger partial charge is 0.488 e. The summed E-state index contributed by atoms with van der Waals surface area (Å²) in [5.74, 6) is -13.4. The van der Waals surface area contributed by atoms with Crippen molar-refractivity contribution in [1.29, 1.82) is 0 Å². The number of fused-ring (bicyclic) bond motifs is 14. The third-order valence-corrected chi connectivity index (χ3v) is 23.1. The number of benzene rings is 18. The van der Waals surface area contributed by atoms with Gasteiger partial charge in [-0.05, 0) is 144 Å². The maximum atomic E-state index is 14.7. The molecule has 0 saturated heterocycles. The Hall–Kier alpha value is -14.8. The van der Waals surface area contributed by atoms with Gasteiger partial charge in [-0.2, -0.15) is 47.9 Å². The lowest BCUT2D eigenvalue weighted by atomic mass is 9.78. The molecule has 2 N–H and O–H groups in total. The Morgan fingerprint density at radius 1 is 0.250 bits per heavy atom. The predicted molar refractivity (Wildman–Crippen MR) is 475 cm³/mol. The summed E-state index contributed by atoms with van der Waals surface area (Å²) < 4.78 is 153. The van der Waals surface area contributed by atoms with Crippen molar-refractivity contribution in [2.45, 2.75) is 23.3 Å². The van der Waals surface area contributed by atoms with Gasteiger partial charge >= 0.3 is 40.5 Å². The van der Waals surface area contributed by atoms with Crippen molar-refractivity contribution in [2.75, 3.05) is 0 Å². The van der Waals surface area contributed by atoms with Gasteiger partial charge in [0.05, 0.1) is 0 Å². The van der Waals surface area contributed by atoms with E-state index in [0.717, 1.165) is 50.5 Å². The van der Waals surface area contributed by atoms with E-state index in [1.807, 2.05) is 97.1 Å². The first-order valence-corrected chi connectivity index (χ1v) is 40.6. The molecule has 0 aliphatic carbocycles. The van der Waals surface area contributed by atoms with Crippen LogP contribution in [0.5, 0.6) is 5.75 Å². The zero-order chi connectivity index (χ0) is 85.7. The van der Waals surface area contributed by atoms with Gasteiger partial charge in [-0.3, -0.25) is 0 Å². The fraction of sp³-hybridized carbons (Fsp3) is 0.0392. The highest BCUT2D eigenvalue weighted by atomic mass is 32.2. The molecule has 0 aliphatic rings. The van der Waals surface area contributed by atoms with E-state index < -0.39 is 46.3 Å². The molecule has 604 valence electrons. The molecule has 0 saturated carbocycles. The summed E-state index contributed by atoms with van der Waals surface area (Å²) in [4.78, 5) is 28.8. The molecule has 18 aromatic carbocycles.